The SMILES string of the molecule is O=C(Cc1ccc(C(F)(F)F)cc1)N1CCC[C@](CO)(CC2CC2)C1. The van der Waals surface area contributed by atoms with Gasteiger partial charge in [0, 0.05) is 18.5 Å². The van der Waals surface area contributed by atoms with E-state index >= 15 is 0 Å². The number of halogens is 3. The average Bonchev–Trinajstić information content (AvgIpc) is 3.38. The minimum Gasteiger partial charge on any atom is -0.396 e. The maximum Gasteiger partial charge on any atom is 0.416 e. The van der Waals surface area contributed by atoms with Gasteiger partial charge in [-0.05, 0) is 42.9 Å². The third kappa shape index (κ3) is 4.54. The molecule has 0 unspecified atom stereocenters. The van der Waals surface area contributed by atoms with Crippen LogP contribution in [0.15, 0.2) is 24.3 Å². The molecule has 6 heteroatoms. The summed E-state index contributed by atoms with van der Waals surface area (Å²) in [5.74, 6) is 0.602. The molecule has 25 heavy (non-hydrogen) atoms. The number of nitrogens with zero attached hydrogens (tertiary/aromatic N) is 1. The van der Waals surface area contributed by atoms with Crippen LogP contribution in [0.1, 0.15) is 43.2 Å². The van der Waals surface area contributed by atoms with Crippen molar-refractivity contribution >= 4 is 5.91 Å². The third-order valence-corrected chi connectivity index (χ3v) is 5.40. The van der Waals surface area contributed by atoms with Gasteiger partial charge in [-0.15, -0.1) is 0 Å². The largest absolute Gasteiger partial charge is 0.416 e. The highest BCUT2D eigenvalue weighted by molar-refractivity contribution is 5.79. The lowest BCUT2D eigenvalue weighted by atomic mass is 9.76. The number of carbonyl (C=O) groups excluding carboxylic acids is 1. The predicted molar refractivity (Wildman–Crippen MR) is 87.8 cm³/mol. The van der Waals surface area contributed by atoms with Gasteiger partial charge in [0.15, 0.2) is 0 Å². The number of likely N-dealkylation sites (tertiary alicyclic amines) is 1. The van der Waals surface area contributed by atoms with Crippen molar-refractivity contribution in [3.8, 4) is 0 Å². The zero-order valence-electron chi connectivity index (χ0n) is 14.2. The molecule has 0 radical (unpaired) electrons. The molecule has 3 nitrogen and oxygen atoms in total. The second kappa shape index (κ2) is 6.98. The topological polar surface area (TPSA) is 40.5 Å². The molecule has 1 amide bonds. The highest BCUT2D eigenvalue weighted by Gasteiger charge is 2.40. The predicted octanol–water partition coefficient (Wildman–Crippen LogP) is 3.65. The van der Waals surface area contributed by atoms with E-state index in [-0.39, 0.29) is 24.3 Å². The van der Waals surface area contributed by atoms with Crippen molar-refractivity contribution in [3.05, 3.63) is 35.4 Å². The van der Waals surface area contributed by atoms with Crippen LogP contribution >= 0.6 is 0 Å². The zero-order valence-corrected chi connectivity index (χ0v) is 14.2. The molecule has 1 aliphatic carbocycles. The van der Waals surface area contributed by atoms with Gasteiger partial charge in [0.1, 0.15) is 0 Å². The van der Waals surface area contributed by atoms with Gasteiger partial charge >= 0.3 is 6.18 Å². The number of hydrogen-bond donors (Lipinski definition) is 1. The first-order valence-corrected chi connectivity index (χ1v) is 8.86. The number of rotatable bonds is 5. The molecule has 1 saturated heterocycles. The number of amides is 1. The van der Waals surface area contributed by atoms with E-state index in [9.17, 15) is 23.1 Å². The van der Waals surface area contributed by atoms with E-state index in [1.54, 1.807) is 4.90 Å². The molecular weight excluding hydrogens is 331 g/mol. The van der Waals surface area contributed by atoms with Gasteiger partial charge in [0.05, 0.1) is 18.6 Å². The fourth-order valence-electron chi connectivity index (χ4n) is 3.81. The number of aliphatic hydroxyl groups is 1. The van der Waals surface area contributed by atoms with E-state index in [0.29, 0.717) is 24.6 Å². The molecule has 2 fully saturated rings. The number of hydrogen-bond acceptors (Lipinski definition) is 2. The molecule has 0 aromatic heterocycles. The van der Waals surface area contributed by atoms with Crippen molar-refractivity contribution in [1.82, 2.24) is 4.90 Å². The van der Waals surface area contributed by atoms with Crippen LogP contribution in [0, 0.1) is 11.3 Å². The van der Waals surface area contributed by atoms with Gasteiger partial charge in [-0.25, -0.2) is 0 Å². The van der Waals surface area contributed by atoms with Crippen LogP contribution in [0.3, 0.4) is 0 Å². The van der Waals surface area contributed by atoms with Crippen molar-refractivity contribution in [2.75, 3.05) is 19.7 Å². The summed E-state index contributed by atoms with van der Waals surface area (Å²) in [4.78, 5) is 14.4. The van der Waals surface area contributed by atoms with Crippen LogP contribution in [-0.2, 0) is 17.4 Å². The quantitative estimate of drug-likeness (QED) is 0.876. The first-order valence-electron chi connectivity index (χ1n) is 8.86. The number of benzene rings is 1. The Hall–Kier alpha value is -1.56. The van der Waals surface area contributed by atoms with Crippen LogP contribution in [0.4, 0.5) is 13.2 Å². The molecule has 1 saturated carbocycles. The molecule has 2 aliphatic rings. The number of piperidine rings is 1. The fourth-order valence-corrected chi connectivity index (χ4v) is 3.81. The average molecular weight is 355 g/mol. The minimum atomic E-state index is -4.36. The Morgan fingerprint density at radius 3 is 2.48 bits per heavy atom. The van der Waals surface area contributed by atoms with Crippen LogP contribution in [0.25, 0.3) is 0 Å². The Labute approximate surface area is 145 Å². The summed E-state index contributed by atoms with van der Waals surface area (Å²) in [5, 5.41) is 9.87. The lowest BCUT2D eigenvalue weighted by Gasteiger charge is -2.42. The fraction of sp³-hybridized carbons (Fsp3) is 0.632. The molecule has 138 valence electrons. The summed E-state index contributed by atoms with van der Waals surface area (Å²) in [6.45, 7) is 1.30. The molecular formula is C19H24F3NO2. The van der Waals surface area contributed by atoms with E-state index in [1.807, 2.05) is 0 Å². The second-order valence-corrected chi connectivity index (χ2v) is 7.60. The summed E-state index contributed by atoms with van der Waals surface area (Å²) in [6.07, 6.45) is 0.925. The molecule has 1 atom stereocenters. The van der Waals surface area contributed by atoms with E-state index in [0.717, 1.165) is 31.4 Å². The minimum absolute atomic E-state index is 0.0759. The van der Waals surface area contributed by atoms with Crippen molar-refractivity contribution in [3.63, 3.8) is 0 Å². The van der Waals surface area contributed by atoms with Crippen molar-refractivity contribution in [2.24, 2.45) is 11.3 Å². The smallest absolute Gasteiger partial charge is 0.396 e. The Morgan fingerprint density at radius 1 is 1.24 bits per heavy atom. The number of alkyl halides is 3. The van der Waals surface area contributed by atoms with Gasteiger partial charge in [-0.3, -0.25) is 4.79 Å². The van der Waals surface area contributed by atoms with Crippen LogP contribution in [-0.4, -0.2) is 35.6 Å². The van der Waals surface area contributed by atoms with E-state index in [1.165, 1.54) is 25.0 Å². The van der Waals surface area contributed by atoms with E-state index < -0.39 is 11.7 Å². The van der Waals surface area contributed by atoms with Gasteiger partial charge < -0.3 is 10.0 Å². The second-order valence-electron chi connectivity index (χ2n) is 7.60. The number of aliphatic hydroxyl groups excluding tert-OH is 1. The molecule has 1 heterocycles. The van der Waals surface area contributed by atoms with Gasteiger partial charge in [-0.2, -0.15) is 13.2 Å². The van der Waals surface area contributed by atoms with Gasteiger partial charge in [0.25, 0.3) is 0 Å². The third-order valence-electron chi connectivity index (χ3n) is 5.40. The van der Waals surface area contributed by atoms with Gasteiger partial charge in [0.2, 0.25) is 5.91 Å². The summed E-state index contributed by atoms with van der Waals surface area (Å²) in [5.41, 5.74) is -0.319. The summed E-state index contributed by atoms with van der Waals surface area (Å²) >= 11 is 0. The van der Waals surface area contributed by atoms with Crippen molar-refractivity contribution < 1.29 is 23.1 Å². The Morgan fingerprint density at radius 2 is 1.92 bits per heavy atom. The highest BCUT2D eigenvalue weighted by atomic mass is 19.4. The van der Waals surface area contributed by atoms with Crippen LogP contribution < -0.4 is 0 Å². The summed E-state index contributed by atoms with van der Waals surface area (Å²) in [6, 6.07) is 4.77. The molecule has 1 aliphatic heterocycles. The normalized spacial score (nSPS) is 24.4. The van der Waals surface area contributed by atoms with E-state index in [4.69, 9.17) is 0 Å². The molecule has 1 aromatic carbocycles. The first kappa shape index (κ1) is 18.2. The monoisotopic (exact) mass is 355 g/mol. The lowest BCUT2D eigenvalue weighted by molar-refractivity contribution is -0.137. The maximum absolute atomic E-state index is 12.6. The van der Waals surface area contributed by atoms with E-state index in [2.05, 4.69) is 0 Å². The molecule has 3 rings (SSSR count). The Bertz CT molecular complexity index is 610. The van der Waals surface area contributed by atoms with Crippen molar-refractivity contribution in [1.29, 1.82) is 0 Å². The maximum atomic E-state index is 12.6. The Kier molecular flexibility index (Phi) is 5.09. The highest BCUT2D eigenvalue weighted by Crippen LogP contribution is 2.44. The summed E-state index contributed by atoms with van der Waals surface area (Å²) < 4.78 is 37.8. The first-order chi connectivity index (χ1) is 11.8. The Balaban J connectivity index is 1.62. The lowest BCUT2D eigenvalue weighted by Crippen LogP contribution is -2.48. The van der Waals surface area contributed by atoms with Gasteiger partial charge in [-0.1, -0.05) is 25.0 Å². The molecule has 0 spiro atoms. The number of carbonyl (C=O) groups is 1. The summed E-state index contributed by atoms with van der Waals surface area (Å²) in [7, 11) is 0. The van der Waals surface area contributed by atoms with Crippen LogP contribution in [0.5, 0.6) is 0 Å². The standard InChI is InChI=1S/C19H24F3NO2/c20-19(21,22)16-6-4-14(5-7-16)10-17(25)23-9-1-8-18(12-23,13-24)11-15-2-3-15/h4-7,15,24H,1-3,8-13H2/t18-/m0/s1. The molecule has 1 aromatic rings. The molecule has 1 N–H and O–H groups in total. The van der Waals surface area contributed by atoms with Crippen LogP contribution in [0.2, 0.25) is 0 Å². The molecule has 0 bridgehead atoms. The van der Waals surface area contributed by atoms with Crippen molar-refractivity contribution in [2.45, 2.75) is 44.7 Å². The zero-order chi connectivity index (χ0) is 18.1.